The molecule has 1 N–H and O–H groups in total. The molecule has 1 atom stereocenters. The molecule has 2 aromatic carbocycles. The van der Waals surface area contributed by atoms with Gasteiger partial charge in [0, 0.05) is 5.56 Å². The molecule has 1 unspecified atom stereocenters. The van der Waals surface area contributed by atoms with Crippen molar-refractivity contribution in [2.75, 3.05) is 6.54 Å². The molecule has 1 fully saturated rings. The lowest BCUT2D eigenvalue weighted by Gasteiger charge is -2.23. The van der Waals surface area contributed by atoms with Crippen LogP contribution >= 0.6 is 0 Å². The third-order valence-corrected chi connectivity index (χ3v) is 3.90. The molecule has 0 bridgehead atoms. The van der Waals surface area contributed by atoms with Gasteiger partial charge in [0.15, 0.2) is 5.78 Å². The van der Waals surface area contributed by atoms with Gasteiger partial charge in [0.1, 0.15) is 0 Å². The number of rotatable bonds is 2. The molecule has 2 nitrogen and oxygen atoms in total. The average Bonchev–Trinajstić information content (AvgIpc) is 2.85. The Kier molecular flexibility index (Phi) is 2.67. The zero-order valence-electron chi connectivity index (χ0n) is 10.6. The number of hydrogen-bond donors (Lipinski definition) is 1. The van der Waals surface area contributed by atoms with Crippen molar-refractivity contribution >= 4 is 16.6 Å². The summed E-state index contributed by atoms with van der Waals surface area (Å²) in [4.78, 5) is 12.7. The Morgan fingerprint density at radius 3 is 2.72 bits per heavy atom. The molecule has 0 radical (unpaired) electrons. The summed E-state index contributed by atoms with van der Waals surface area (Å²) in [5.41, 5.74) is 0.453. The molecule has 1 saturated heterocycles. The minimum absolute atomic E-state index is 0.219. The maximum atomic E-state index is 12.7. The Labute approximate surface area is 107 Å². The number of carbonyl (C=O) groups is 1. The zero-order valence-corrected chi connectivity index (χ0v) is 10.6. The number of hydrogen-bond acceptors (Lipinski definition) is 2. The highest BCUT2D eigenvalue weighted by atomic mass is 16.1. The van der Waals surface area contributed by atoms with Crippen molar-refractivity contribution in [3.8, 4) is 0 Å². The van der Waals surface area contributed by atoms with Gasteiger partial charge in [-0.05, 0) is 37.1 Å². The fraction of sp³-hybridized carbons (Fsp3) is 0.312. The lowest BCUT2D eigenvalue weighted by molar-refractivity contribution is 0.0886. The van der Waals surface area contributed by atoms with Gasteiger partial charge in [0.2, 0.25) is 0 Å². The van der Waals surface area contributed by atoms with Crippen LogP contribution in [0.2, 0.25) is 0 Å². The molecule has 0 amide bonds. The van der Waals surface area contributed by atoms with Gasteiger partial charge in [-0.2, -0.15) is 0 Å². The van der Waals surface area contributed by atoms with Crippen molar-refractivity contribution in [1.82, 2.24) is 5.32 Å². The predicted molar refractivity (Wildman–Crippen MR) is 73.9 cm³/mol. The van der Waals surface area contributed by atoms with Gasteiger partial charge in [0.05, 0.1) is 5.54 Å². The highest BCUT2D eigenvalue weighted by Crippen LogP contribution is 2.27. The Morgan fingerprint density at radius 2 is 1.94 bits per heavy atom. The molecule has 18 heavy (non-hydrogen) atoms. The first-order chi connectivity index (χ1) is 8.71. The molecule has 3 rings (SSSR count). The third kappa shape index (κ3) is 1.73. The first kappa shape index (κ1) is 11.4. The van der Waals surface area contributed by atoms with Gasteiger partial charge < -0.3 is 5.32 Å². The zero-order chi connectivity index (χ0) is 12.6. The summed E-state index contributed by atoms with van der Waals surface area (Å²) in [7, 11) is 0. The van der Waals surface area contributed by atoms with E-state index in [1.165, 1.54) is 0 Å². The minimum atomic E-state index is -0.385. The van der Waals surface area contributed by atoms with Crippen LogP contribution in [0.5, 0.6) is 0 Å². The molecule has 0 aromatic heterocycles. The molecule has 1 aliphatic heterocycles. The summed E-state index contributed by atoms with van der Waals surface area (Å²) in [5.74, 6) is 0.219. The van der Waals surface area contributed by atoms with E-state index in [0.717, 1.165) is 35.7 Å². The number of benzene rings is 2. The summed E-state index contributed by atoms with van der Waals surface area (Å²) >= 11 is 0. The second-order valence-corrected chi connectivity index (χ2v) is 5.22. The van der Waals surface area contributed by atoms with Crippen LogP contribution in [0.25, 0.3) is 10.8 Å². The summed E-state index contributed by atoms with van der Waals surface area (Å²) in [6, 6.07) is 14.0. The predicted octanol–water partition coefficient (Wildman–Crippen LogP) is 3.16. The van der Waals surface area contributed by atoms with Gasteiger partial charge in [-0.25, -0.2) is 0 Å². The lowest BCUT2D eigenvalue weighted by atomic mass is 9.87. The summed E-state index contributed by atoms with van der Waals surface area (Å²) in [6.45, 7) is 2.96. The normalized spacial score (nSPS) is 23.4. The first-order valence-corrected chi connectivity index (χ1v) is 6.48. The highest BCUT2D eigenvalue weighted by molar-refractivity contribution is 6.12. The average molecular weight is 239 g/mol. The molecule has 0 saturated carbocycles. The Morgan fingerprint density at radius 1 is 1.17 bits per heavy atom. The summed E-state index contributed by atoms with van der Waals surface area (Å²) in [6.07, 6.45) is 2.00. The van der Waals surface area contributed by atoms with E-state index < -0.39 is 0 Å². The van der Waals surface area contributed by atoms with Crippen LogP contribution in [-0.2, 0) is 0 Å². The molecule has 1 heterocycles. The van der Waals surface area contributed by atoms with E-state index in [0.29, 0.717) is 0 Å². The van der Waals surface area contributed by atoms with E-state index in [2.05, 4.69) is 17.4 Å². The smallest absolute Gasteiger partial charge is 0.183 e. The van der Waals surface area contributed by atoms with E-state index in [1.54, 1.807) is 0 Å². The van der Waals surface area contributed by atoms with Crippen LogP contribution in [0.1, 0.15) is 30.1 Å². The van der Waals surface area contributed by atoms with Gasteiger partial charge in [-0.1, -0.05) is 42.5 Å². The third-order valence-electron chi connectivity index (χ3n) is 3.90. The van der Waals surface area contributed by atoms with Gasteiger partial charge in [-0.15, -0.1) is 0 Å². The summed E-state index contributed by atoms with van der Waals surface area (Å²) in [5, 5.41) is 5.53. The van der Waals surface area contributed by atoms with Crippen molar-refractivity contribution in [3.63, 3.8) is 0 Å². The maximum Gasteiger partial charge on any atom is 0.183 e. The van der Waals surface area contributed by atoms with Gasteiger partial charge >= 0.3 is 0 Å². The monoisotopic (exact) mass is 239 g/mol. The van der Waals surface area contributed by atoms with Crippen LogP contribution in [0.3, 0.4) is 0 Å². The Balaban J connectivity index is 2.12. The number of Topliss-reactive ketones (excluding diaryl/α,β-unsaturated/α-hetero) is 1. The second kappa shape index (κ2) is 4.21. The molecular formula is C16H17NO. The molecular weight excluding hydrogens is 222 g/mol. The van der Waals surface area contributed by atoms with Crippen LogP contribution in [0.15, 0.2) is 42.5 Å². The standard InChI is InChI=1S/C16H17NO/c1-16(10-5-11-17-16)15(18)14-9-4-7-12-6-2-3-8-13(12)14/h2-4,6-9,17H,5,10-11H2,1H3. The van der Waals surface area contributed by atoms with E-state index in [-0.39, 0.29) is 11.3 Å². The fourth-order valence-corrected chi connectivity index (χ4v) is 2.81. The first-order valence-electron chi connectivity index (χ1n) is 6.48. The van der Waals surface area contributed by atoms with Crippen LogP contribution in [0, 0.1) is 0 Å². The minimum Gasteiger partial charge on any atom is -0.305 e. The van der Waals surface area contributed by atoms with E-state index in [9.17, 15) is 4.79 Å². The fourth-order valence-electron chi connectivity index (χ4n) is 2.81. The van der Waals surface area contributed by atoms with Crippen molar-refractivity contribution < 1.29 is 4.79 Å². The van der Waals surface area contributed by atoms with Gasteiger partial charge in [-0.3, -0.25) is 4.79 Å². The van der Waals surface area contributed by atoms with Crippen LogP contribution < -0.4 is 5.32 Å². The molecule has 0 aliphatic carbocycles. The Hall–Kier alpha value is -1.67. The second-order valence-electron chi connectivity index (χ2n) is 5.22. The maximum absolute atomic E-state index is 12.7. The number of fused-ring (bicyclic) bond motifs is 1. The highest BCUT2D eigenvalue weighted by Gasteiger charge is 2.36. The molecule has 1 aliphatic rings. The molecule has 2 aromatic rings. The van der Waals surface area contributed by atoms with E-state index in [4.69, 9.17) is 0 Å². The lowest BCUT2D eigenvalue weighted by Crippen LogP contribution is -2.44. The number of nitrogens with one attached hydrogen (secondary N) is 1. The molecule has 2 heteroatoms. The quantitative estimate of drug-likeness (QED) is 0.816. The number of ketones is 1. The van der Waals surface area contributed by atoms with Crippen molar-refractivity contribution in [2.45, 2.75) is 25.3 Å². The largest absolute Gasteiger partial charge is 0.305 e. The van der Waals surface area contributed by atoms with Crippen LogP contribution in [-0.4, -0.2) is 17.9 Å². The summed E-state index contributed by atoms with van der Waals surface area (Å²) < 4.78 is 0. The van der Waals surface area contributed by atoms with Crippen molar-refractivity contribution in [2.24, 2.45) is 0 Å². The van der Waals surface area contributed by atoms with Crippen molar-refractivity contribution in [1.29, 1.82) is 0 Å². The molecule has 0 spiro atoms. The van der Waals surface area contributed by atoms with E-state index in [1.807, 2.05) is 37.3 Å². The van der Waals surface area contributed by atoms with E-state index >= 15 is 0 Å². The van der Waals surface area contributed by atoms with Crippen molar-refractivity contribution in [3.05, 3.63) is 48.0 Å². The SMILES string of the molecule is CC1(C(=O)c2cccc3ccccc23)CCCN1. The number of carbonyl (C=O) groups excluding carboxylic acids is 1. The van der Waals surface area contributed by atoms with Gasteiger partial charge in [0.25, 0.3) is 0 Å². The van der Waals surface area contributed by atoms with Crippen LogP contribution in [0.4, 0.5) is 0 Å². The molecule has 92 valence electrons. The topological polar surface area (TPSA) is 29.1 Å². The Bertz CT molecular complexity index is 592.